The standard InChI is InChI=1S/C22H26FN3O4S/c1-14(2)20(25-21(27)16-5-7-17(23)8-6-16)22(28)24-13-15-3-11-19(12-4-15)31(29,30)26-18-9-10-18/h3-8,11-12,14,18,20,26H,9-10,13H2,1-2H3,(H,24,28)(H,25,27). The summed E-state index contributed by atoms with van der Waals surface area (Å²) >= 11 is 0. The van der Waals surface area contributed by atoms with Gasteiger partial charge < -0.3 is 10.6 Å². The number of halogens is 1. The van der Waals surface area contributed by atoms with E-state index < -0.39 is 27.8 Å². The Morgan fingerprint density at radius 2 is 1.65 bits per heavy atom. The third-order valence-corrected chi connectivity index (χ3v) is 6.48. The van der Waals surface area contributed by atoms with Crippen LogP contribution in [0.1, 0.15) is 42.6 Å². The normalized spacial score (nSPS) is 14.8. The zero-order chi connectivity index (χ0) is 22.6. The van der Waals surface area contributed by atoms with Gasteiger partial charge in [0.1, 0.15) is 11.9 Å². The first-order chi connectivity index (χ1) is 14.7. The van der Waals surface area contributed by atoms with E-state index in [-0.39, 0.29) is 34.9 Å². The molecule has 9 heteroatoms. The molecule has 0 spiro atoms. The van der Waals surface area contributed by atoms with Crippen molar-refractivity contribution in [3.8, 4) is 0 Å². The first-order valence-electron chi connectivity index (χ1n) is 10.1. The van der Waals surface area contributed by atoms with Gasteiger partial charge in [-0.3, -0.25) is 9.59 Å². The topological polar surface area (TPSA) is 104 Å². The van der Waals surface area contributed by atoms with Gasteiger partial charge in [-0.2, -0.15) is 0 Å². The Bertz CT molecular complexity index is 1030. The first kappa shape index (κ1) is 22.9. The van der Waals surface area contributed by atoms with Gasteiger partial charge in [0.15, 0.2) is 0 Å². The van der Waals surface area contributed by atoms with Crippen molar-refractivity contribution in [3.05, 3.63) is 65.5 Å². The molecule has 31 heavy (non-hydrogen) atoms. The number of hydrogen-bond acceptors (Lipinski definition) is 4. The number of amides is 2. The maximum absolute atomic E-state index is 13.0. The second-order valence-corrected chi connectivity index (χ2v) is 9.67. The fraction of sp³-hybridized carbons (Fsp3) is 0.364. The van der Waals surface area contributed by atoms with E-state index in [9.17, 15) is 22.4 Å². The average Bonchev–Trinajstić information content (AvgIpc) is 3.54. The maximum Gasteiger partial charge on any atom is 0.251 e. The lowest BCUT2D eigenvalue weighted by molar-refractivity contribution is -0.124. The van der Waals surface area contributed by atoms with Crippen LogP contribution in [0.5, 0.6) is 0 Å². The smallest absolute Gasteiger partial charge is 0.251 e. The van der Waals surface area contributed by atoms with Gasteiger partial charge in [-0.15, -0.1) is 0 Å². The van der Waals surface area contributed by atoms with Gasteiger partial charge >= 0.3 is 0 Å². The first-order valence-corrected chi connectivity index (χ1v) is 11.6. The Hall–Kier alpha value is -2.78. The molecule has 1 aliphatic carbocycles. The molecule has 2 amide bonds. The second kappa shape index (κ2) is 9.57. The Labute approximate surface area is 181 Å². The van der Waals surface area contributed by atoms with Crippen LogP contribution in [0.25, 0.3) is 0 Å². The highest BCUT2D eigenvalue weighted by Crippen LogP contribution is 2.22. The molecule has 1 fully saturated rings. The lowest BCUT2D eigenvalue weighted by Crippen LogP contribution is -2.49. The van der Waals surface area contributed by atoms with Crippen molar-refractivity contribution in [1.29, 1.82) is 0 Å². The van der Waals surface area contributed by atoms with Crippen LogP contribution in [0.15, 0.2) is 53.4 Å². The molecule has 1 saturated carbocycles. The fourth-order valence-corrected chi connectivity index (χ4v) is 4.24. The summed E-state index contributed by atoms with van der Waals surface area (Å²) in [6.07, 6.45) is 1.72. The van der Waals surface area contributed by atoms with Gasteiger partial charge in [-0.1, -0.05) is 26.0 Å². The maximum atomic E-state index is 13.0. The minimum atomic E-state index is -3.52. The van der Waals surface area contributed by atoms with Gasteiger partial charge in [0, 0.05) is 18.2 Å². The van der Waals surface area contributed by atoms with Crippen molar-refractivity contribution in [3.63, 3.8) is 0 Å². The zero-order valence-corrected chi connectivity index (χ0v) is 18.2. The molecule has 0 radical (unpaired) electrons. The number of hydrogen-bond donors (Lipinski definition) is 3. The predicted octanol–water partition coefficient (Wildman–Crippen LogP) is 2.34. The third kappa shape index (κ3) is 6.35. The van der Waals surface area contributed by atoms with Crippen LogP contribution in [0.2, 0.25) is 0 Å². The number of carbonyl (C=O) groups excluding carboxylic acids is 2. The molecule has 2 aromatic rings. The largest absolute Gasteiger partial charge is 0.350 e. The molecule has 3 N–H and O–H groups in total. The van der Waals surface area contributed by atoms with E-state index >= 15 is 0 Å². The molecule has 7 nitrogen and oxygen atoms in total. The number of benzene rings is 2. The van der Waals surface area contributed by atoms with Gasteiger partial charge in [0.2, 0.25) is 15.9 Å². The number of nitrogens with one attached hydrogen (secondary N) is 3. The number of carbonyl (C=O) groups is 2. The molecule has 0 aliphatic heterocycles. The van der Waals surface area contributed by atoms with E-state index in [0.29, 0.717) is 0 Å². The SMILES string of the molecule is CC(C)C(NC(=O)c1ccc(F)cc1)C(=O)NCc1ccc(S(=O)(=O)NC2CC2)cc1. The summed E-state index contributed by atoms with van der Waals surface area (Å²) in [5, 5.41) is 5.45. The summed E-state index contributed by atoms with van der Waals surface area (Å²) in [7, 11) is -3.52. The molecule has 0 saturated heterocycles. The van der Waals surface area contributed by atoms with Crippen LogP contribution in [0.3, 0.4) is 0 Å². The van der Waals surface area contributed by atoms with E-state index in [1.54, 1.807) is 12.1 Å². The van der Waals surface area contributed by atoms with Gasteiger partial charge in [0.05, 0.1) is 4.90 Å². The molecule has 3 rings (SSSR count). The summed E-state index contributed by atoms with van der Waals surface area (Å²) in [4.78, 5) is 25.2. The van der Waals surface area contributed by atoms with Crippen molar-refractivity contribution in [2.24, 2.45) is 5.92 Å². The monoisotopic (exact) mass is 447 g/mol. The van der Waals surface area contributed by atoms with Crippen molar-refractivity contribution in [2.75, 3.05) is 0 Å². The lowest BCUT2D eigenvalue weighted by atomic mass is 10.0. The van der Waals surface area contributed by atoms with Gasteiger partial charge in [-0.25, -0.2) is 17.5 Å². The molecule has 1 aliphatic rings. The van der Waals surface area contributed by atoms with Crippen LogP contribution in [-0.4, -0.2) is 32.3 Å². The summed E-state index contributed by atoms with van der Waals surface area (Å²) in [6.45, 7) is 3.80. The van der Waals surface area contributed by atoms with E-state index in [2.05, 4.69) is 15.4 Å². The van der Waals surface area contributed by atoms with Crippen LogP contribution < -0.4 is 15.4 Å². The Morgan fingerprint density at radius 1 is 1.03 bits per heavy atom. The molecule has 166 valence electrons. The Balaban J connectivity index is 1.58. The highest BCUT2D eigenvalue weighted by atomic mass is 32.2. The van der Waals surface area contributed by atoms with Crippen LogP contribution >= 0.6 is 0 Å². The van der Waals surface area contributed by atoms with E-state index in [4.69, 9.17) is 0 Å². The van der Waals surface area contributed by atoms with E-state index in [1.807, 2.05) is 13.8 Å². The van der Waals surface area contributed by atoms with Crippen molar-refractivity contribution < 1.29 is 22.4 Å². The Morgan fingerprint density at radius 3 is 2.19 bits per heavy atom. The summed E-state index contributed by atoms with van der Waals surface area (Å²) in [5.74, 6) is -1.45. The molecular formula is C22H26FN3O4S. The third-order valence-electron chi connectivity index (χ3n) is 4.94. The lowest BCUT2D eigenvalue weighted by Gasteiger charge is -2.22. The Kier molecular flexibility index (Phi) is 7.07. The zero-order valence-electron chi connectivity index (χ0n) is 17.4. The molecular weight excluding hydrogens is 421 g/mol. The van der Waals surface area contributed by atoms with Gasteiger partial charge in [0.25, 0.3) is 5.91 Å². The van der Waals surface area contributed by atoms with Crippen LogP contribution in [-0.2, 0) is 21.4 Å². The highest BCUT2D eigenvalue weighted by molar-refractivity contribution is 7.89. The molecule has 0 aromatic heterocycles. The highest BCUT2D eigenvalue weighted by Gasteiger charge is 2.28. The summed E-state index contributed by atoms with van der Waals surface area (Å²) in [5.41, 5.74) is 0.988. The molecule has 0 heterocycles. The summed E-state index contributed by atoms with van der Waals surface area (Å²) < 4.78 is 40.1. The number of rotatable bonds is 9. The molecule has 1 atom stereocenters. The minimum Gasteiger partial charge on any atom is -0.350 e. The molecule has 2 aromatic carbocycles. The van der Waals surface area contributed by atoms with Crippen molar-refractivity contribution in [2.45, 2.75) is 50.2 Å². The number of sulfonamides is 1. The van der Waals surface area contributed by atoms with E-state index in [0.717, 1.165) is 18.4 Å². The van der Waals surface area contributed by atoms with Crippen molar-refractivity contribution in [1.82, 2.24) is 15.4 Å². The van der Waals surface area contributed by atoms with Crippen LogP contribution in [0, 0.1) is 11.7 Å². The van der Waals surface area contributed by atoms with Crippen LogP contribution in [0.4, 0.5) is 4.39 Å². The quantitative estimate of drug-likeness (QED) is 0.549. The fourth-order valence-electron chi connectivity index (χ4n) is 2.94. The second-order valence-electron chi connectivity index (χ2n) is 7.96. The average molecular weight is 448 g/mol. The molecule has 1 unspecified atom stereocenters. The predicted molar refractivity (Wildman–Crippen MR) is 114 cm³/mol. The molecule has 0 bridgehead atoms. The minimum absolute atomic E-state index is 0.0297. The summed E-state index contributed by atoms with van der Waals surface area (Å²) in [6, 6.07) is 10.6. The van der Waals surface area contributed by atoms with Crippen molar-refractivity contribution >= 4 is 21.8 Å². The van der Waals surface area contributed by atoms with E-state index in [1.165, 1.54) is 36.4 Å². The van der Waals surface area contributed by atoms with Gasteiger partial charge in [-0.05, 0) is 60.7 Å².